The van der Waals surface area contributed by atoms with Crippen molar-refractivity contribution in [2.24, 2.45) is 0 Å². The van der Waals surface area contributed by atoms with Gasteiger partial charge in [0.2, 0.25) is 0 Å². The van der Waals surface area contributed by atoms with Crippen LogP contribution in [0, 0.1) is 6.92 Å². The van der Waals surface area contributed by atoms with Crippen molar-refractivity contribution >= 4 is 99.9 Å². The molecule has 4 rings (SSSR count). The molecule has 4 aromatic rings. The Morgan fingerprint density at radius 3 is 1.63 bits per heavy atom. The molecule has 7 N–H and O–H groups in total. The summed E-state index contributed by atoms with van der Waals surface area (Å²) in [4.78, 5) is 46.1. The molecule has 0 aliphatic heterocycles. The molecule has 0 amide bonds. The number of nitrogens with zero attached hydrogens (tertiary/aromatic N) is 5. The predicted molar refractivity (Wildman–Crippen MR) is 206 cm³/mol. The molecule has 0 atom stereocenters. The summed E-state index contributed by atoms with van der Waals surface area (Å²) in [6.45, 7) is 17.8. The molecule has 49 heavy (non-hydrogen) atoms. The molecule has 0 aliphatic rings. The first-order chi connectivity index (χ1) is 22.6. The van der Waals surface area contributed by atoms with Gasteiger partial charge in [-0.3, -0.25) is 14.4 Å². The van der Waals surface area contributed by atoms with Gasteiger partial charge < -0.3 is 36.6 Å². The Labute approximate surface area is 312 Å². The number of esters is 3. The Hall–Kier alpha value is -3.83. The minimum atomic E-state index is -0.562. The van der Waals surface area contributed by atoms with Gasteiger partial charge in [-0.15, -0.1) is 0 Å². The number of anilines is 4. The molecule has 0 aliphatic carbocycles. The molecule has 270 valence electrons. The van der Waals surface area contributed by atoms with Crippen molar-refractivity contribution < 1.29 is 23.9 Å². The van der Waals surface area contributed by atoms with Crippen LogP contribution in [0.4, 0.5) is 23.0 Å². The molecule has 0 fully saturated rings. The number of aryl methyl sites for hydroxylation is 1. The zero-order valence-corrected chi connectivity index (χ0v) is 34.1. The van der Waals surface area contributed by atoms with Crippen LogP contribution in [0.2, 0.25) is 0 Å². The highest BCUT2D eigenvalue weighted by molar-refractivity contribution is 9.11. The summed E-state index contributed by atoms with van der Waals surface area (Å²) in [6, 6.07) is 6.46. The van der Waals surface area contributed by atoms with Gasteiger partial charge in [-0.25, -0.2) is 19.9 Å². The van der Waals surface area contributed by atoms with Crippen molar-refractivity contribution in [3.05, 3.63) is 56.0 Å². The summed E-state index contributed by atoms with van der Waals surface area (Å²) in [5.41, 5.74) is 19.7. The molecule has 0 spiro atoms. The van der Waals surface area contributed by atoms with Gasteiger partial charge in [-0.1, -0.05) is 0 Å². The third kappa shape index (κ3) is 19.7. The molecule has 0 radical (unpaired) electrons. The molecule has 0 unspecified atom stereocenters. The first kappa shape index (κ1) is 45.2. The van der Waals surface area contributed by atoms with Gasteiger partial charge in [-0.2, -0.15) is 0 Å². The fourth-order valence-corrected chi connectivity index (χ4v) is 4.59. The normalized spacial score (nSPS) is 9.96. The van der Waals surface area contributed by atoms with E-state index >= 15 is 0 Å². The molecular formula is C32H46Br3N9O5. The fourth-order valence-electron chi connectivity index (χ4n) is 3.59. The van der Waals surface area contributed by atoms with E-state index in [1.807, 2.05) is 26.8 Å². The number of ether oxygens (including phenoxy) is 2. The number of hydrogen-bond acceptors (Lipinski definition) is 13. The van der Waals surface area contributed by atoms with Crippen molar-refractivity contribution in [1.82, 2.24) is 24.5 Å². The number of halogens is 3. The standard InChI is InChI=1S/C10H12BrN3.C8H12BrN3.C5H6BrN3.C5H10O2.C4H6O3/c1-6(2)14-7(3)13-10-9(14)4-8(11)5-12-10;1-5(2)12-7-3-6(9)4-11-8(7)10;6-3-1-4(7)5(8)9-2-3;1-4(2)7-5(3)6;1-3(5)7-4(2)6/h4-6H,1-3H3;3-5,12H,1-2H3,(H2,10,11);1-2H,7H2,(H2,8,9);4H,1-3H3;1-2H3. The lowest BCUT2D eigenvalue weighted by molar-refractivity contribution is -0.156. The summed E-state index contributed by atoms with van der Waals surface area (Å²) in [7, 11) is 0. The van der Waals surface area contributed by atoms with Gasteiger partial charge in [0.15, 0.2) is 5.65 Å². The summed E-state index contributed by atoms with van der Waals surface area (Å²) in [5, 5.41) is 3.20. The monoisotopic (exact) mass is 873 g/mol. The summed E-state index contributed by atoms with van der Waals surface area (Å²) < 4.78 is 13.5. The fraction of sp³-hybridized carbons (Fsp3) is 0.406. The third-order valence-corrected chi connectivity index (χ3v) is 6.44. The van der Waals surface area contributed by atoms with Crippen LogP contribution in [0.5, 0.6) is 0 Å². The van der Waals surface area contributed by atoms with Crippen LogP contribution < -0.4 is 22.5 Å². The molecule has 4 aromatic heterocycles. The van der Waals surface area contributed by atoms with E-state index in [4.69, 9.17) is 17.2 Å². The highest BCUT2D eigenvalue weighted by atomic mass is 79.9. The van der Waals surface area contributed by atoms with E-state index in [9.17, 15) is 14.4 Å². The minimum Gasteiger partial charge on any atom is -0.463 e. The van der Waals surface area contributed by atoms with Gasteiger partial charge in [0.1, 0.15) is 17.5 Å². The van der Waals surface area contributed by atoms with E-state index in [0.717, 1.165) is 36.1 Å². The van der Waals surface area contributed by atoms with Crippen LogP contribution in [0.25, 0.3) is 11.2 Å². The van der Waals surface area contributed by atoms with E-state index < -0.39 is 11.9 Å². The lowest BCUT2D eigenvalue weighted by Gasteiger charge is -2.11. The number of fused-ring (bicyclic) bond motifs is 1. The van der Waals surface area contributed by atoms with Gasteiger partial charge in [-0.05, 0) is 114 Å². The number of nitrogen functional groups attached to an aromatic ring is 3. The topological polar surface area (TPSA) is 216 Å². The quantitative estimate of drug-likeness (QED) is 0.116. The third-order valence-electron chi connectivity index (χ3n) is 5.14. The lowest BCUT2D eigenvalue weighted by atomic mass is 10.3. The average molecular weight is 876 g/mol. The number of aromatic nitrogens is 5. The van der Waals surface area contributed by atoms with Gasteiger partial charge in [0, 0.05) is 64.9 Å². The Bertz CT molecular complexity index is 1650. The van der Waals surface area contributed by atoms with Gasteiger partial charge in [0.05, 0.1) is 23.0 Å². The highest BCUT2D eigenvalue weighted by Crippen LogP contribution is 2.22. The highest BCUT2D eigenvalue weighted by Gasteiger charge is 2.10. The second-order valence-corrected chi connectivity index (χ2v) is 13.6. The maximum absolute atomic E-state index is 10.0. The SMILES string of the molecule is CC(=O)OC(C)=O.CC(=O)OC(C)C.CC(C)Nc1cc(Br)cnc1N.Cc1nc2ncc(Br)cc2n1C(C)C.Nc1cc(Br)cnc1N. The van der Waals surface area contributed by atoms with Crippen LogP contribution in [0.3, 0.4) is 0 Å². The van der Waals surface area contributed by atoms with Crippen molar-refractivity contribution in [2.45, 2.75) is 87.4 Å². The van der Waals surface area contributed by atoms with E-state index in [-0.39, 0.29) is 12.1 Å². The van der Waals surface area contributed by atoms with E-state index in [1.54, 1.807) is 24.7 Å². The van der Waals surface area contributed by atoms with Crippen molar-refractivity contribution in [2.75, 3.05) is 22.5 Å². The number of carbonyl (C=O) groups is 3. The molecule has 14 nitrogen and oxygen atoms in total. The number of imidazole rings is 1. The summed E-state index contributed by atoms with van der Waals surface area (Å²) in [5.74, 6) is 0.584. The number of carbonyl (C=O) groups excluding carboxylic acids is 3. The largest absolute Gasteiger partial charge is 0.463 e. The smallest absolute Gasteiger partial charge is 0.310 e. The van der Waals surface area contributed by atoms with Crippen molar-refractivity contribution in [3.8, 4) is 0 Å². The van der Waals surface area contributed by atoms with Crippen LogP contribution >= 0.6 is 47.8 Å². The number of nitrogens with two attached hydrogens (primary N) is 3. The Balaban J connectivity index is 0.000000607. The van der Waals surface area contributed by atoms with Gasteiger partial charge in [0.25, 0.3) is 0 Å². The van der Waals surface area contributed by atoms with Crippen molar-refractivity contribution in [1.29, 1.82) is 0 Å². The first-order valence-corrected chi connectivity index (χ1v) is 17.2. The lowest BCUT2D eigenvalue weighted by Crippen LogP contribution is -2.11. The molecule has 0 aromatic carbocycles. The second-order valence-electron chi connectivity index (χ2n) is 10.9. The van der Waals surface area contributed by atoms with E-state index in [1.165, 1.54) is 20.8 Å². The minimum absolute atomic E-state index is 0.0255. The summed E-state index contributed by atoms with van der Waals surface area (Å²) >= 11 is 9.95. The number of pyridine rings is 3. The molecule has 0 bridgehead atoms. The Morgan fingerprint density at radius 2 is 1.24 bits per heavy atom. The van der Waals surface area contributed by atoms with Crippen LogP contribution in [-0.2, 0) is 23.9 Å². The maximum Gasteiger partial charge on any atom is 0.310 e. The number of rotatable bonds is 4. The number of nitrogens with one attached hydrogen (secondary N) is 1. The second kappa shape index (κ2) is 22.7. The van der Waals surface area contributed by atoms with Crippen LogP contribution in [-0.4, -0.2) is 54.6 Å². The average Bonchev–Trinajstić information content (AvgIpc) is 3.27. The van der Waals surface area contributed by atoms with E-state index in [2.05, 4.69) is 121 Å². The van der Waals surface area contributed by atoms with Crippen LogP contribution in [0.1, 0.15) is 74.2 Å². The molecular weight excluding hydrogens is 830 g/mol. The maximum atomic E-state index is 10.0. The Morgan fingerprint density at radius 1 is 0.755 bits per heavy atom. The number of hydrogen-bond donors (Lipinski definition) is 4. The molecule has 17 heteroatoms. The van der Waals surface area contributed by atoms with E-state index in [0.29, 0.717) is 29.4 Å². The zero-order chi connectivity index (χ0) is 38.0. The first-order valence-electron chi connectivity index (χ1n) is 14.8. The summed E-state index contributed by atoms with van der Waals surface area (Å²) in [6.07, 6.45) is 5.09. The molecule has 0 saturated heterocycles. The van der Waals surface area contributed by atoms with Gasteiger partial charge >= 0.3 is 17.9 Å². The predicted octanol–water partition coefficient (Wildman–Crippen LogP) is 7.39. The molecule has 0 saturated carbocycles. The Kier molecular flexibility index (Phi) is 21.0. The van der Waals surface area contributed by atoms with Crippen molar-refractivity contribution in [3.63, 3.8) is 0 Å². The molecule has 4 heterocycles. The van der Waals surface area contributed by atoms with Crippen LogP contribution in [0.15, 0.2) is 50.2 Å². The zero-order valence-electron chi connectivity index (χ0n) is 29.3.